The Bertz CT molecular complexity index is 522. The average Bonchev–Trinajstić information content (AvgIpc) is 2.87. The van der Waals surface area contributed by atoms with Gasteiger partial charge in [0, 0.05) is 10.5 Å². The maximum Gasteiger partial charge on any atom is 0.208 e. The Balaban J connectivity index is 2.08. The van der Waals surface area contributed by atoms with E-state index in [-0.39, 0.29) is 0 Å². The van der Waals surface area contributed by atoms with Crippen LogP contribution in [0.15, 0.2) is 39.8 Å². The molecule has 19 heavy (non-hydrogen) atoms. The lowest BCUT2D eigenvalue weighted by Gasteiger charge is -2.05. The lowest BCUT2D eigenvalue weighted by molar-refractivity contribution is 0.458. The molecule has 102 valence electrons. The van der Waals surface area contributed by atoms with Gasteiger partial charge in [-0.1, -0.05) is 32.0 Å². The molecule has 0 saturated heterocycles. The van der Waals surface area contributed by atoms with Gasteiger partial charge >= 0.3 is 0 Å². The zero-order valence-electron chi connectivity index (χ0n) is 11.6. The molecule has 2 rings (SSSR count). The molecule has 1 aromatic carbocycles. The van der Waals surface area contributed by atoms with Gasteiger partial charge < -0.3 is 9.73 Å². The number of nitrogens with zero attached hydrogens (tertiary/aromatic N) is 1. The number of rotatable bonds is 6. The van der Waals surface area contributed by atoms with E-state index < -0.39 is 0 Å². The maximum atomic E-state index is 5.81. The van der Waals surface area contributed by atoms with Crippen LogP contribution in [-0.4, -0.2) is 17.8 Å². The van der Waals surface area contributed by atoms with Gasteiger partial charge in [-0.3, -0.25) is 0 Å². The summed E-state index contributed by atoms with van der Waals surface area (Å²) in [5, 5.41) is 3.33. The van der Waals surface area contributed by atoms with Gasteiger partial charge in [-0.2, -0.15) is 0 Å². The minimum Gasteiger partial charge on any atom is -0.439 e. The summed E-state index contributed by atoms with van der Waals surface area (Å²) in [4.78, 5) is 5.54. The molecule has 1 N–H and O–H groups in total. The number of nitrogens with one attached hydrogen (secondary N) is 1. The maximum absolute atomic E-state index is 5.81. The van der Waals surface area contributed by atoms with Crippen LogP contribution in [-0.2, 0) is 6.54 Å². The van der Waals surface area contributed by atoms with Crippen LogP contribution in [0.2, 0.25) is 0 Å². The molecule has 1 aromatic heterocycles. The van der Waals surface area contributed by atoms with Crippen molar-refractivity contribution in [3.05, 3.63) is 36.4 Å². The van der Waals surface area contributed by atoms with E-state index in [4.69, 9.17) is 4.42 Å². The molecule has 0 amide bonds. The second kappa shape index (κ2) is 6.78. The van der Waals surface area contributed by atoms with Crippen molar-refractivity contribution in [3.63, 3.8) is 0 Å². The molecular weight excluding hydrogens is 256 g/mol. The first-order valence-electron chi connectivity index (χ1n) is 6.49. The lowest BCUT2D eigenvalue weighted by atomic mass is 10.2. The minimum absolute atomic E-state index is 0.631. The predicted octanol–water partition coefficient (Wildman–Crippen LogP) is 3.81. The summed E-state index contributed by atoms with van der Waals surface area (Å²) in [7, 11) is 0. The van der Waals surface area contributed by atoms with E-state index in [1.165, 1.54) is 4.90 Å². The predicted molar refractivity (Wildman–Crippen MR) is 80.3 cm³/mol. The first kappa shape index (κ1) is 14.2. The Hall–Kier alpha value is -1.26. The summed E-state index contributed by atoms with van der Waals surface area (Å²) in [5.74, 6) is 2.21. The van der Waals surface area contributed by atoms with Gasteiger partial charge in [0.2, 0.25) is 5.89 Å². The molecule has 0 aliphatic carbocycles. The molecule has 0 fully saturated rings. The molecular formula is C15H20N2OS. The molecule has 0 aliphatic heterocycles. The summed E-state index contributed by atoms with van der Waals surface area (Å²) in [6.07, 6.45) is 3.88. The quantitative estimate of drug-likeness (QED) is 0.814. The highest BCUT2D eigenvalue weighted by Crippen LogP contribution is 2.30. The zero-order chi connectivity index (χ0) is 13.7. The Morgan fingerprint density at radius 3 is 2.84 bits per heavy atom. The molecule has 0 spiro atoms. The summed E-state index contributed by atoms with van der Waals surface area (Å²) < 4.78 is 5.81. The summed E-state index contributed by atoms with van der Waals surface area (Å²) >= 11 is 1.72. The normalized spacial score (nSPS) is 11.2. The van der Waals surface area contributed by atoms with Crippen molar-refractivity contribution >= 4 is 11.8 Å². The van der Waals surface area contributed by atoms with Crippen molar-refractivity contribution in [1.82, 2.24) is 10.3 Å². The third-order valence-electron chi connectivity index (χ3n) is 2.75. The van der Waals surface area contributed by atoms with Gasteiger partial charge in [-0.05, 0) is 24.8 Å². The van der Waals surface area contributed by atoms with Gasteiger partial charge in [-0.15, -0.1) is 11.8 Å². The standard InChI is InChI=1S/C15H20N2OS/c1-11(2)8-16-10-15-17-9-13(18-15)12-6-4-5-7-14(12)19-3/h4-7,9,11,16H,8,10H2,1-3H3. The first-order valence-corrected chi connectivity index (χ1v) is 7.72. The Kier molecular flexibility index (Phi) is 5.05. The van der Waals surface area contributed by atoms with Crippen molar-refractivity contribution in [2.45, 2.75) is 25.3 Å². The van der Waals surface area contributed by atoms with Crippen LogP contribution in [0, 0.1) is 5.92 Å². The van der Waals surface area contributed by atoms with Crippen LogP contribution in [0.3, 0.4) is 0 Å². The van der Waals surface area contributed by atoms with E-state index in [2.05, 4.69) is 42.5 Å². The first-order chi connectivity index (χ1) is 9.20. The Morgan fingerprint density at radius 2 is 2.11 bits per heavy atom. The fraction of sp³-hybridized carbons (Fsp3) is 0.400. The third-order valence-corrected chi connectivity index (χ3v) is 3.55. The van der Waals surface area contributed by atoms with Crippen molar-refractivity contribution in [3.8, 4) is 11.3 Å². The number of hydrogen-bond donors (Lipinski definition) is 1. The lowest BCUT2D eigenvalue weighted by Crippen LogP contribution is -2.18. The average molecular weight is 276 g/mol. The second-order valence-corrected chi connectivity index (χ2v) is 5.69. The summed E-state index contributed by atoms with van der Waals surface area (Å²) in [6.45, 7) is 6.02. The zero-order valence-corrected chi connectivity index (χ0v) is 12.5. The van der Waals surface area contributed by atoms with Crippen LogP contribution in [0.5, 0.6) is 0 Å². The number of oxazole rings is 1. The highest BCUT2D eigenvalue weighted by atomic mass is 32.2. The van der Waals surface area contributed by atoms with Crippen LogP contribution < -0.4 is 5.32 Å². The summed E-state index contributed by atoms with van der Waals surface area (Å²) in [6, 6.07) is 8.22. The van der Waals surface area contributed by atoms with E-state index in [0.717, 1.165) is 23.8 Å². The van der Waals surface area contributed by atoms with Gasteiger partial charge in [-0.25, -0.2) is 4.98 Å². The van der Waals surface area contributed by atoms with Crippen LogP contribution in [0.25, 0.3) is 11.3 Å². The van der Waals surface area contributed by atoms with E-state index >= 15 is 0 Å². The molecule has 0 radical (unpaired) electrons. The van der Waals surface area contributed by atoms with E-state index in [1.807, 2.05) is 12.1 Å². The van der Waals surface area contributed by atoms with Crippen molar-refractivity contribution in [1.29, 1.82) is 0 Å². The molecule has 0 unspecified atom stereocenters. The Labute approximate surface area is 118 Å². The van der Waals surface area contributed by atoms with E-state index in [9.17, 15) is 0 Å². The van der Waals surface area contributed by atoms with Crippen LogP contribution in [0.4, 0.5) is 0 Å². The second-order valence-electron chi connectivity index (χ2n) is 4.84. The van der Waals surface area contributed by atoms with Gasteiger partial charge in [0.25, 0.3) is 0 Å². The third kappa shape index (κ3) is 3.85. The topological polar surface area (TPSA) is 38.1 Å². The number of benzene rings is 1. The highest BCUT2D eigenvalue weighted by Gasteiger charge is 2.09. The SMILES string of the molecule is CSc1ccccc1-c1cnc(CNCC(C)C)o1. The molecule has 0 bridgehead atoms. The molecule has 0 atom stereocenters. The fourth-order valence-electron chi connectivity index (χ4n) is 1.83. The van der Waals surface area contributed by atoms with Gasteiger partial charge in [0.15, 0.2) is 5.76 Å². The number of thioether (sulfide) groups is 1. The molecule has 0 saturated carbocycles. The number of hydrogen-bond acceptors (Lipinski definition) is 4. The molecule has 1 heterocycles. The fourth-order valence-corrected chi connectivity index (χ4v) is 2.44. The van der Waals surface area contributed by atoms with Crippen LogP contribution in [0.1, 0.15) is 19.7 Å². The van der Waals surface area contributed by atoms with E-state index in [1.54, 1.807) is 18.0 Å². The van der Waals surface area contributed by atoms with Crippen molar-refractivity contribution < 1.29 is 4.42 Å². The smallest absolute Gasteiger partial charge is 0.208 e. The van der Waals surface area contributed by atoms with Gasteiger partial charge in [0.1, 0.15) is 0 Å². The van der Waals surface area contributed by atoms with Gasteiger partial charge in [0.05, 0.1) is 12.7 Å². The molecule has 2 aromatic rings. The monoisotopic (exact) mass is 276 g/mol. The van der Waals surface area contributed by atoms with Crippen molar-refractivity contribution in [2.24, 2.45) is 5.92 Å². The summed E-state index contributed by atoms with van der Waals surface area (Å²) in [5.41, 5.74) is 1.11. The Morgan fingerprint density at radius 1 is 1.32 bits per heavy atom. The minimum atomic E-state index is 0.631. The largest absolute Gasteiger partial charge is 0.439 e. The van der Waals surface area contributed by atoms with Crippen molar-refractivity contribution in [2.75, 3.05) is 12.8 Å². The van der Waals surface area contributed by atoms with Crippen LogP contribution >= 0.6 is 11.8 Å². The molecule has 0 aliphatic rings. The number of aromatic nitrogens is 1. The molecule has 3 nitrogen and oxygen atoms in total. The highest BCUT2D eigenvalue weighted by molar-refractivity contribution is 7.98. The van der Waals surface area contributed by atoms with E-state index in [0.29, 0.717) is 12.5 Å². The molecule has 4 heteroatoms.